The van der Waals surface area contributed by atoms with E-state index in [1.165, 1.54) is 51.4 Å². The Labute approximate surface area is 186 Å². The van der Waals surface area contributed by atoms with Crippen LogP contribution < -0.4 is 0 Å². The van der Waals surface area contributed by atoms with Gasteiger partial charge in [0.05, 0.1) is 5.92 Å². The van der Waals surface area contributed by atoms with E-state index in [-0.39, 0.29) is 28.8 Å². The summed E-state index contributed by atoms with van der Waals surface area (Å²) >= 11 is 0. The number of imide groups is 1. The average molecular weight is 421 g/mol. The van der Waals surface area contributed by atoms with E-state index in [1.807, 2.05) is 0 Å². The number of amides is 2. The molecular formula is C26H48N2O2. The van der Waals surface area contributed by atoms with E-state index >= 15 is 0 Å². The molecular weight excluding hydrogens is 372 g/mol. The molecule has 4 heteroatoms. The van der Waals surface area contributed by atoms with Gasteiger partial charge in [-0.25, -0.2) is 0 Å². The lowest BCUT2D eigenvalue weighted by Gasteiger charge is -2.54. The van der Waals surface area contributed by atoms with Crippen molar-refractivity contribution < 1.29 is 9.59 Å². The number of likely N-dealkylation sites (tertiary alicyclic amines) is 2. The maximum Gasteiger partial charge on any atom is 0.233 e. The summed E-state index contributed by atoms with van der Waals surface area (Å²) in [5, 5.41) is 0. The number of carbonyl (C=O) groups excluding carboxylic acids is 2. The van der Waals surface area contributed by atoms with Gasteiger partial charge < -0.3 is 0 Å². The first-order valence-corrected chi connectivity index (χ1v) is 12.7. The smallest absolute Gasteiger partial charge is 0.233 e. The van der Waals surface area contributed by atoms with E-state index in [1.54, 1.807) is 4.90 Å². The number of unbranched alkanes of at least 4 members (excludes halogenated alkanes) is 9. The van der Waals surface area contributed by atoms with Crippen molar-refractivity contribution in [2.75, 3.05) is 13.6 Å². The number of piperidine rings is 1. The SMILES string of the molecule is CCCCCCCCCCCCN1C(=O)CC(C2CC(C)(C)N(C)C(C)(C)C2)C1=O. The fourth-order valence-electron chi connectivity index (χ4n) is 5.80. The molecule has 2 heterocycles. The highest BCUT2D eigenvalue weighted by Gasteiger charge is 2.50. The maximum atomic E-state index is 13.1. The van der Waals surface area contributed by atoms with Gasteiger partial charge in [0.1, 0.15) is 0 Å². The van der Waals surface area contributed by atoms with Crippen molar-refractivity contribution >= 4 is 11.8 Å². The summed E-state index contributed by atoms with van der Waals surface area (Å²) in [6.07, 6.45) is 15.1. The molecule has 0 aromatic heterocycles. The van der Waals surface area contributed by atoms with Gasteiger partial charge >= 0.3 is 0 Å². The quantitative estimate of drug-likeness (QED) is 0.279. The monoisotopic (exact) mass is 420 g/mol. The standard InChI is InChI=1S/C26H48N2O2/c1-7-8-9-10-11-12-13-14-15-16-17-28-23(29)18-22(24(28)30)21-19-25(2,3)27(6)26(4,5)20-21/h21-22H,7-20H2,1-6H3. The summed E-state index contributed by atoms with van der Waals surface area (Å²) in [4.78, 5) is 29.7. The third-order valence-electron chi connectivity index (χ3n) is 7.92. The van der Waals surface area contributed by atoms with Gasteiger partial charge in [-0.05, 0) is 59.9 Å². The highest BCUT2D eigenvalue weighted by molar-refractivity contribution is 6.03. The van der Waals surface area contributed by atoms with Gasteiger partial charge in [0.25, 0.3) is 0 Å². The van der Waals surface area contributed by atoms with Gasteiger partial charge in [-0.3, -0.25) is 19.4 Å². The Hall–Kier alpha value is -0.900. The molecule has 0 aromatic carbocycles. The maximum absolute atomic E-state index is 13.1. The van der Waals surface area contributed by atoms with E-state index < -0.39 is 0 Å². The third kappa shape index (κ3) is 6.55. The molecule has 2 amide bonds. The van der Waals surface area contributed by atoms with Crippen molar-refractivity contribution in [2.24, 2.45) is 11.8 Å². The number of hydrogen-bond acceptors (Lipinski definition) is 3. The predicted molar refractivity (Wildman–Crippen MR) is 125 cm³/mol. The molecule has 30 heavy (non-hydrogen) atoms. The first-order chi connectivity index (χ1) is 14.1. The van der Waals surface area contributed by atoms with Gasteiger partial charge in [0, 0.05) is 24.0 Å². The normalized spacial score (nSPS) is 24.7. The Morgan fingerprint density at radius 3 is 1.77 bits per heavy atom. The van der Waals surface area contributed by atoms with Crippen LogP contribution >= 0.6 is 0 Å². The topological polar surface area (TPSA) is 40.6 Å². The Kier molecular flexibility index (Phi) is 9.39. The molecule has 2 aliphatic rings. The Morgan fingerprint density at radius 1 is 0.800 bits per heavy atom. The van der Waals surface area contributed by atoms with Crippen LogP contribution in [0.1, 0.15) is 118 Å². The van der Waals surface area contributed by atoms with E-state index in [4.69, 9.17) is 0 Å². The summed E-state index contributed by atoms with van der Waals surface area (Å²) in [6.45, 7) is 12.0. The lowest BCUT2D eigenvalue weighted by Crippen LogP contribution is -2.59. The molecule has 174 valence electrons. The van der Waals surface area contributed by atoms with Crippen LogP contribution in [0.5, 0.6) is 0 Å². The number of carbonyl (C=O) groups is 2. The summed E-state index contributed by atoms with van der Waals surface area (Å²) in [6, 6.07) is 0. The fourth-order valence-corrected chi connectivity index (χ4v) is 5.80. The number of nitrogens with zero attached hydrogens (tertiary/aromatic N) is 2. The van der Waals surface area contributed by atoms with Crippen LogP contribution in [-0.4, -0.2) is 46.3 Å². The predicted octanol–water partition coefficient (Wildman–Crippen LogP) is 6.18. The van der Waals surface area contributed by atoms with Crippen LogP contribution in [0, 0.1) is 11.8 Å². The molecule has 4 nitrogen and oxygen atoms in total. The van der Waals surface area contributed by atoms with Crippen molar-refractivity contribution in [2.45, 2.75) is 129 Å². The number of hydrogen-bond donors (Lipinski definition) is 0. The molecule has 2 aliphatic heterocycles. The first-order valence-electron chi connectivity index (χ1n) is 12.7. The third-order valence-corrected chi connectivity index (χ3v) is 7.92. The summed E-state index contributed by atoms with van der Waals surface area (Å²) < 4.78 is 0. The molecule has 0 N–H and O–H groups in total. The molecule has 0 spiro atoms. The Balaban J connectivity index is 1.73. The van der Waals surface area contributed by atoms with Crippen LogP contribution in [0.4, 0.5) is 0 Å². The van der Waals surface area contributed by atoms with Crippen molar-refractivity contribution in [3.05, 3.63) is 0 Å². The second-order valence-electron chi connectivity index (χ2n) is 11.2. The van der Waals surface area contributed by atoms with Gasteiger partial charge in [0.2, 0.25) is 11.8 Å². The minimum absolute atomic E-state index is 0.0553. The zero-order chi connectivity index (χ0) is 22.4. The minimum Gasteiger partial charge on any atom is -0.296 e. The van der Waals surface area contributed by atoms with Crippen LogP contribution in [0.15, 0.2) is 0 Å². The molecule has 0 bridgehead atoms. The van der Waals surface area contributed by atoms with Crippen molar-refractivity contribution in [1.82, 2.24) is 9.80 Å². The second kappa shape index (κ2) is 11.1. The highest BCUT2D eigenvalue weighted by atomic mass is 16.2. The summed E-state index contributed by atoms with van der Waals surface area (Å²) in [5.74, 6) is 0.376. The molecule has 0 saturated carbocycles. The molecule has 1 unspecified atom stereocenters. The molecule has 0 aliphatic carbocycles. The largest absolute Gasteiger partial charge is 0.296 e. The van der Waals surface area contributed by atoms with Crippen LogP contribution in [-0.2, 0) is 9.59 Å². The fraction of sp³-hybridized carbons (Fsp3) is 0.923. The van der Waals surface area contributed by atoms with Crippen molar-refractivity contribution in [1.29, 1.82) is 0 Å². The summed E-state index contributed by atoms with van der Waals surface area (Å²) in [7, 11) is 2.19. The van der Waals surface area contributed by atoms with Gasteiger partial charge in [-0.1, -0.05) is 64.7 Å². The molecule has 0 radical (unpaired) electrons. The Morgan fingerprint density at radius 2 is 1.27 bits per heavy atom. The lowest BCUT2D eigenvalue weighted by molar-refractivity contribution is -0.140. The molecule has 0 aromatic rings. The minimum atomic E-state index is -0.104. The van der Waals surface area contributed by atoms with Gasteiger partial charge in [-0.15, -0.1) is 0 Å². The van der Waals surface area contributed by atoms with Crippen LogP contribution in [0.2, 0.25) is 0 Å². The van der Waals surface area contributed by atoms with Crippen molar-refractivity contribution in [3.63, 3.8) is 0 Å². The highest BCUT2D eigenvalue weighted by Crippen LogP contribution is 2.45. The first kappa shape index (κ1) is 25.4. The summed E-state index contributed by atoms with van der Waals surface area (Å²) in [5.41, 5.74) is 0.111. The van der Waals surface area contributed by atoms with Crippen LogP contribution in [0.3, 0.4) is 0 Å². The average Bonchev–Trinajstić information content (AvgIpc) is 2.95. The van der Waals surface area contributed by atoms with Crippen LogP contribution in [0.25, 0.3) is 0 Å². The molecule has 2 fully saturated rings. The molecule has 2 rings (SSSR count). The zero-order valence-electron chi connectivity index (χ0n) is 20.8. The van der Waals surface area contributed by atoms with E-state index in [9.17, 15) is 9.59 Å². The van der Waals surface area contributed by atoms with Gasteiger partial charge in [-0.2, -0.15) is 0 Å². The van der Waals surface area contributed by atoms with E-state index in [2.05, 4.69) is 46.6 Å². The molecule has 1 atom stereocenters. The van der Waals surface area contributed by atoms with E-state index in [0.29, 0.717) is 18.9 Å². The zero-order valence-corrected chi connectivity index (χ0v) is 20.8. The second-order valence-corrected chi connectivity index (χ2v) is 11.2. The molecule has 2 saturated heterocycles. The Bertz CT molecular complexity index is 551. The lowest BCUT2D eigenvalue weighted by atomic mass is 9.69. The number of rotatable bonds is 12. The van der Waals surface area contributed by atoms with Gasteiger partial charge in [0.15, 0.2) is 0 Å². The van der Waals surface area contributed by atoms with E-state index in [0.717, 1.165) is 25.7 Å². The van der Waals surface area contributed by atoms with Crippen molar-refractivity contribution in [3.8, 4) is 0 Å².